The Bertz CT molecular complexity index is 1220. The zero-order chi connectivity index (χ0) is 26.7. The van der Waals surface area contributed by atoms with Crippen molar-refractivity contribution < 1.29 is 14.6 Å². The maximum atomic E-state index is 13.6. The van der Waals surface area contributed by atoms with E-state index in [2.05, 4.69) is 56.4 Å². The quantitative estimate of drug-likeness (QED) is 0.337. The average molecular weight is 512 g/mol. The summed E-state index contributed by atoms with van der Waals surface area (Å²) in [5.74, 6) is 1.99. The van der Waals surface area contributed by atoms with Gasteiger partial charge in [-0.1, -0.05) is 88.6 Å². The zero-order valence-electron chi connectivity index (χ0n) is 23.0. The first-order valence-corrected chi connectivity index (χ1v) is 14.3. The fourth-order valence-corrected chi connectivity index (χ4v) is 6.19. The van der Waals surface area contributed by atoms with Gasteiger partial charge >= 0.3 is 0 Å². The van der Waals surface area contributed by atoms with Crippen LogP contribution in [0, 0.1) is 5.92 Å². The number of anilines is 1. The van der Waals surface area contributed by atoms with Gasteiger partial charge in [0.25, 0.3) is 0 Å². The highest BCUT2D eigenvalue weighted by molar-refractivity contribution is 5.93. The van der Waals surface area contributed by atoms with E-state index in [0.717, 1.165) is 65.1 Å². The lowest BCUT2D eigenvalue weighted by molar-refractivity contribution is -0.116. The van der Waals surface area contributed by atoms with Gasteiger partial charge in [0.15, 0.2) is 0 Å². The molecular formula is C34H41NO3. The number of carbonyl (C=O) groups excluding carboxylic acids is 1. The summed E-state index contributed by atoms with van der Waals surface area (Å²) in [6.07, 6.45) is 7.73. The maximum absolute atomic E-state index is 13.6. The predicted molar refractivity (Wildman–Crippen MR) is 154 cm³/mol. The third-order valence-electron chi connectivity index (χ3n) is 8.29. The van der Waals surface area contributed by atoms with E-state index in [1.54, 1.807) is 0 Å². The number of hydrogen-bond donors (Lipinski definition) is 2. The van der Waals surface area contributed by atoms with Gasteiger partial charge in [0.2, 0.25) is 5.91 Å². The molecule has 1 aliphatic carbocycles. The van der Waals surface area contributed by atoms with Crippen molar-refractivity contribution in [2.75, 3.05) is 5.32 Å². The van der Waals surface area contributed by atoms with Crippen LogP contribution in [0.4, 0.5) is 5.69 Å². The molecule has 1 amide bonds. The fourth-order valence-electron chi connectivity index (χ4n) is 6.19. The summed E-state index contributed by atoms with van der Waals surface area (Å²) in [5, 5.41) is 14.1. The van der Waals surface area contributed by atoms with Crippen molar-refractivity contribution in [3.63, 3.8) is 0 Å². The second-order valence-electron chi connectivity index (χ2n) is 12.1. The van der Waals surface area contributed by atoms with Crippen LogP contribution >= 0.6 is 0 Å². The van der Waals surface area contributed by atoms with Gasteiger partial charge in [-0.15, -0.1) is 0 Å². The van der Waals surface area contributed by atoms with Crippen LogP contribution in [0.5, 0.6) is 11.5 Å². The van der Waals surface area contributed by atoms with Gasteiger partial charge in [-0.25, -0.2) is 0 Å². The zero-order valence-corrected chi connectivity index (χ0v) is 23.0. The summed E-state index contributed by atoms with van der Waals surface area (Å²) in [6, 6.07) is 22.4. The van der Waals surface area contributed by atoms with Crippen molar-refractivity contribution in [2.24, 2.45) is 5.92 Å². The number of benzene rings is 3. The molecule has 1 saturated carbocycles. The van der Waals surface area contributed by atoms with E-state index in [1.165, 1.54) is 19.3 Å². The number of nitrogens with one attached hydrogen (secondary N) is 1. The smallest absolute Gasteiger partial charge is 0.225 e. The van der Waals surface area contributed by atoms with E-state index in [0.29, 0.717) is 12.3 Å². The second kappa shape index (κ2) is 11.3. The predicted octanol–water partition coefficient (Wildman–Crippen LogP) is 8.12. The van der Waals surface area contributed by atoms with Crippen LogP contribution in [-0.2, 0) is 16.6 Å². The molecule has 0 spiro atoms. The van der Waals surface area contributed by atoms with Gasteiger partial charge in [0.1, 0.15) is 11.5 Å². The molecule has 1 fully saturated rings. The molecule has 1 unspecified atom stereocenters. The van der Waals surface area contributed by atoms with Crippen molar-refractivity contribution in [2.45, 2.75) is 89.6 Å². The number of hydrogen-bond acceptors (Lipinski definition) is 3. The SMILES string of the molecule is CC(C)(C)c1ccc(CCC(O)C2CCCCC2)cc1NC(=O)CC1c2ccccc2Oc2ccccc21. The van der Waals surface area contributed by atoms with Crippen molar-refractivity contribution in [3.05, 3.63) is 89.0 Å². The van der Waals surface area contributed by atoms with E-state index in [-0.39, 0.29) is 23.3 Å². The number of carbonyl (C=O) groups is 1. The number of aryl methyl sites for hydroxylation is 1. The van der Waals surface area contributed by atoms with E-state index in [4.69, 9.17) is 4.74 Å². The summed E-state index contributed by atoms with van der Waals surface area (Å²) >= 11 is 0. The Kier molecular flexibility index (Phi) is 7.90. The minimum absolute atomic E-state index is 0.00797. The van der Waals surface area contributed by atoms with Gasteiger partial charge in [-0.2, -0.15) is 0 Å². The van der Waals surface area contributed by atoms with Gasteiger partial charge in [-0.3, -0.25) is 4.79 Å². The van der Waals surface area contributed by atoms with Crippen molar-refractivity contribution in [3.8, 4) is 11.5 Å². The van der Waals surface area contributed by atoms with E-state index in [1.807, 2.05) is 36.4 Å². The Hall–Kier alpha value is -3.11. The van der Waals surface area contributed by atoms with Crippen LogP contribution in [0.1, 0.15) is 93.9 Å². The summed E-state index contributed by atoms with van der Waals surface area (Å²) in [4.78, 5) is 13.6. The van der Waals surface area contributed by atoms with Gasteiger partial charge in [-0.05, 0) is 66.3 Å². The van der Waals surface area contributed by atoms with E-state index < -0.39 is 0 Å². The molecule has 2 aliphatic rings. The van der Waals surface area contributed by atoms with Crippen LogP contribution in [0.2, 0.25) is 0 Å². The maximum Gasteiger partial charge on any atom is 0.225 e. The molecular weight excluding hydrogens is 470 g/mol. The molecule has 3 aromatic carbocycles. The topological polar surface area (TPSA) is 58.6 Å². The number of amides is 1. The molecule has 0 aromatic heterocycles. The first-order valence-electron chi connectivity index (χ1n) is 14.3. The highest BCUT2D eigenvalue weighted by Crippen LogP contribution is 2.45. The highest BCUT2D eigenvalue weighted by atomic mass is 16.5. The first-order chi connectivity index (χ1) is 18.3. The number of ether oxygens (including phenoxy) is 1. The van der Waals surface area contributed by atoms with E-state index in [9.17, 15) is 9.90 Å². The number of aliphatic hydroxyl groups excluding tert-OH is 1. The molecule has 0 radical (unpaired) electrons. The number of fused-ring (bicyclic) bond motifs is 2. The normalized spacial score (nSPS) is 16.7. The molecule has 2 N–H and O–H groups in total. The Balaban J connectivity index is 1.34. The van der Waals surface area contributed by atoms with Crippen molar-refractivity contribution in [1.82, 2.24) is 0 Å². The average Bonchev–Trinajstić information content (AvgIpc) is 2.91. The first kappa shape index (κ1) is 26.5. The van der Waals surface area contributed by atoms with Crippen LogP contribution in [0.3, 0.4) is 0 Å². The third-order valence-corrected chi connectivity index (χ3v) is 8.29. The molecule has 1 atom stereocenters. The molecule has 0 bridgehead atoms. The Morgan fingerprint density at radius 2 is 1.58 bits per heavy atom. The highest BCUT2D eigenvalue weighted by Gasteiger charge is 2.29. The molecule has 4 heteroatoms. The fraction of sp³-hybridized carbons (Fsp3) is 0.441. The monoisotopic (exact) mass is 511 g/mol. The van der Waals surface area contributed by atoms with Crippen LogP contribution < -0.4 is 10.1 Å². The summed E-state index contributed by atoms with van der Waals surface area (Å²) in [7, 11) is 0. The molecule has 0 saturated heterocycles. The Morgan fingerprint density at radius 3 is 2.21 bits per heavy atom. The molecule has 1 aliphatic heterocycles. The standard InChI is InChI=1S/C34H41NO3/c1-34(2,3)28-19-17-23(18-20-30(36)24-11-5-4-6-12-24)21-29(28)35-33(37)22-27-25-13-7-9-15-31(25)38-32-16-10-8-14-26(27)32/h7-10,13-17,19,21,24,27,30,36H,4-6,11-12,18,20,22H2,1-3H3,(H,35,37). The Morgan fingerprint density at radius 1 is 0.947 bits per heavy atom. The largest absolute Gasteiger partial charge is 0.457 e. The number of rotatable bonds is 7. The van der Waals surface area contributed by atoms with Crippen molar-refractivity contribution in [1.29, 1.82) is 0 Å². The van der Waals surface area contributed by atoms with Crippen LogP contribution in [0.25, 0.3) is 0 Å². The lowest BCUT2D eigenvalue weighted by Crippen LogP contribution is -2.23. The minimum atomic E-state index is -0.246. The van der Waals surface area contributed by atoms with Crippen LogP contribution in [-0.4, -0.2) is 17.1 Å². The van der Waals surface area contributed by atoms with Gasteiger partial charge in [0.05, 0.1) is 6.10 Å². The molecule has 200 valence electrons. The van der Waals surface area contributed by atoms with Crippen LogP contribution in [0.15, 0.2) is 66.7 Å². The van der Waals surface area contributed by atoms with Gasteiger partial charge in [0, 0.05) is 29.2 Å². The second-order valence-corrected chi connectivity index (χ2v) is 12.1. The molecule has 4 nitrogen and oxygen atoms in total. The summed E-state index contributed by atoms with van der Waals surface area (Å²) in [5.41, 5.74) is 5.13. The lowest BCUT2D eigenvalue weighted by Gasteiger charge is -2.29. The molecule has 3 aromatic rings. The van der Waals surface area contributed by atoms with E-state index >= 15 is 0 Å². The minimum Gasteiger partial charge on any atom is -0.457 e. The lowest BCUT2D eigenvalue weighted by atomic mass is 9.82. The molecule has 5 rings (SSSR count). The summed E-state index contributed by atoms with van der Waals surface area (Å²) < 4.78 is 6.12. The third kappa shape index (κ3) is 5.96. The van der Waals surface area contributed by atoms with Crippen molar-refractivity contribution >= 4 is 11.6 Å². The number of para-hydroxylation sites is 2. The summed E-state index contributed by atoms with van der Waals surface area (Å²) in [6.45, 7) is 6.53. The van der Waals surface area contributed by atoms with Gasteiger partial charge < -0.3 is 15.2 Å². The Labute approximate surface area is 227 Å². The molecule has 38 heavy (non-hydrogen) atoms. The number of aliphatic hydroxyl groups is 1. The molecule has 1 heterocycles.